The van der Waals surface area contributed by atoms with Crippen molar-refractivity contribution in [2.75, 3.05) is 11.9 Å². The van der Waals surface area contributed by atoms with Gasteiger partial charge in [0.25, 0.3) is 0 Å². The van der Waals surface area contributed by atoms with E-state index in [-0.39, 0.29) is 29.5 Å². The highest BCUT2D eigenvalue weighted by Crippen LogP contribution is 2.39. The molecule has 2 aliphatic rings. The highest BCUT2D eigenvalue weighted by Gasteiger charge is 2.34. The molecule has 6 heteroatoms. The van der Waals surface area contributed by atoms with Gasteiger partial charge in [-0.15, -0.1) is 23.1 Å². The van der Waals surface area contributed by atoms with Crippen molar-refractivity contribution >= 4 is 40.6 Å². The molecule has 3 heterocycles. The number of carbonyl (C=O) groups excluding carboxylic acids is 2. The number of anilines is 1. The van der Waals surface area contributed by atoms with E-state index in [1.54, 1.807) is 11.3 Å². The SMILES string of the molecule is CCC1c2ccsc2CCN1C(=O)CC1Sc2ccccc2NC1=O. The maximum absolute atomic E-state index is 13.0. The molecule has 130 valence electrons. The zero-order chi connectivity index (χ0) is 17.4. The van der Waals surface area contributed by atoms with Crippen LogP contribution in [-0.4, -0.2) is 28.5 Å². The highest BCUT2D eigenvalue weighted by atomic mass is 32.2. The van der Waals surface area contributed by atoms with Gasteiger partial charge >= 0.3 is 0 Å². The van der Waals surface area contributed by atoms with Crippen molar-refractivity contribution in [3.05, 3.63) is 46.2 Å². The first-order valence-electron chi connectivity index (χ1n) is 8.59. The summed E-state index contributed by atoms with van der Waals surface area (Å²) in [6.07, 6.45) is 2.07. The third kappa shape index (κ3) is 3.09. The Kier molecular flexibility index (Phi) is 4.56. The molecule has 25 heavy (non-hydrogen) atoms. The Bertz CT molecular complexity index is 817. The second kappa shape index (κ2) is 6.84. The summed E-state index contributed by atoms with van der Waals surface area (Å²) < 4.78 is 0. The smallest absolute Gasteiger partial charge is 0.238 e. The van der Waals surface area contributed by atoms with Crippen LogP contribution in [0.1, 0.15) is 36.2 Å². The summed E-state index contributed by atoms with van der Waals surface area (Å²) in [5.74, 6) is 0.00839. The Morgan fingerprint density at radius 1 is 1.32 bits per heavy atom. The highest BCUT2D eigenvalue weighted by molar-refractivity contribution is 8.01. The van der Waals surface area contributed by atoms with Crippen LogP contribution in [0.5, 0.6) is 0 Å². The molecular weight excluding hydrogens is 352 g/mol. The number of rotatable bonds is 3. The average Bonchev–Trinajstić information content (AvgIpc) is 3.10. The number of nitrogens with zero attached hydrogens (tertiary/aromatic N) is 1. The van der Waals surface area contributed by atoms with Crippen LogP contribution in [0.3, 0.4) is 0 Å². The first-order chi connectivity index (χ1) is 12.2. The number of hydrogen-bond acceptors (Lipinski definition) is 4. The fourth-order valence-electron chi connectivity index (χ4n) is 3.64. The second-order valence-electron chi connectivity index (χ2n) is 6.36. The molecule has 0 bridgehead atoms. The number of fused-ring (bicyclic) bond motifs is 2. The number of amides is 2. The Hall–Kier alpha value is -1.79. The first kappa shape index (κ1) is 16.7. The minimum absolute atomic E-state index is 0.0710. The standard InChI is InChI=1S/C19H20N2O2S2/c1-2-14-12-8-10-24-15(12)7-9-21(14)18(22)11-17-19(23)20-13-5-3-4-6-16(13)25-17/h3-6,8,10,14,17H,2,7,9,11H2,1H3,(H,20,23). The molecule has 0 aliphatic carbocycles. The minimum Gasteiger partial charge on any atom is -0.335 e. The van der Waals surface area contributed by atoms with E-state index in [2.05, 4.69) is 23.7 Å². The maximum Gasteiger partial charge on any atom is 0.238 e. The zero-order valence-electron chi connectivity index (χ0n) is 14.0. The summed E-state index contributed by atoms with van der Waals surface area (Å²) >= 11 is 3.28. The van der Waals surface area contributed by atoms with Crippen molar-refractivity contribution in [2.45, 2.75) is 42.4 Å². The predicted octanol–water partition coefficient (Wildman–Crippen LogP) is 4.09. The molecule has 2 unspecified atom stereocenters. The third-order valence-corrected chi connectivity index (χ3v) is 7.14. The van der Waals surface area contributed by atoms with Gasteiger partial charge in [-0.3, -0.25) is 9.59 Å². The quantitative estimate of drug-likeness (QED) is 0.883. The number of carbonyl (C=O) groups is 2. The van der Waals surface area contributed by atoms with E-state index in [0.717, 1.165) is 30.0 Å². The van der Waals surface area contributed by atoms with Crippen molar-refractivity contribution in [1.29, 1.82) is 0 Å². The molecule has 1 aromatic carbocycles. The Balaban J connectivity index is 1.50. The van der Waals surface area contributed by atoms with E-state index in [4.69, 9.17) is 0 Å². The number of thioether (sulfide) groups is 1. The number of benzene rings is 1. The van der Waals surface area contributed by atoms with Crippen molar-refractivity contribution in [1.82, 2.24) is 4.90 Å². The topological polar surface area (TPSA) is 49.4 Å². The third-order valence-electron chi connectivity index (χ3n) is 4.87. The second-order valence-corrected chi connectivity index (χ2v) is 8.60. The van der Waals surface area contributed by atoms with Gasteiger partial charge in [0.1, 0.15) is 0 Å². The Morgan fingerprint density at radius 3 is 3.00 bits per heavy atom. The van der Waals surface area contributed by atoms with Gasteiger partial charge in [0.15, 0.2) is 0 Å². The molecule has 1 N–H and O–H groups in total. The lowest BCUT2D eigenvalue weighted by molar-refractivity contribution is -0.135. The summed E-state index contributed by atoms with van der Waals surface area (Å²) in [5.41, 5.74) is 2.13. The molecule has 0 fully saturated rings. The summed E-state index contributed by atoms with van der Waals surface area (Å²) in [7, 11) is 0. The van der Waals surface area contributed by atoms with Gasteiger partial charge in [-0.2, -0.15) is 0 Å². The predicted molar refractivity (Wildman–Crippen MR) is 102 cm³/mol. The van der Waals surface area contributed by atoms with Gasteiger partial charge in [0.05, 0.1) is 17.0 Å². The van der Waals surface area contributed by atoms with Gasteiger partial charge in [0, 0.05) is 22.7 Å². The van der Waals surface area contributed by atoms with E-state index in [9.17, 15) is 9.59 Å². The molecule has 4 nitrogen and oxygen atoms in total. The van der Waals surface area contributed by atoms with Crippen molar-refractivity contribution in [3.63, 3.8) is 0 Å². The van der Waals surface area contributed by atoms with Gasteiger partial charge in [-0.05, 0) is 42.0 Å². The summed E-state index contributed by atoms with van der Waals surface area (Å²) in [6, 6.07) is 10.0. The van der Waals surface area contributed by atoms with Crippen LogP contribution in [-0.2, 0) is 16.0 Å². The number of nitrogens with one attached hydrogen (secondary N) is 1. The molecule has 2 aromatic rings. The van der Waals surface area contributed by atoms with Crippen molar-refractivity contribution < 1.29 is 9.59 Å². The monoisotopic (exact) mass is 372 g/mol. The van der Waals surface area contributed by atoms with Gasteiger partial charge in [0.2, 0.25) is 11.8 Å². The van der Waals surface area contributed by atoms with E-state index >= 15 is 0 Å². The fourth-order valence-corrected chi connectivity index (χ4v) is 5.67. The zero-order valence-corrected chi connectivity index (χ0v) is 15.7. The van der Waals surface area contributed by atoms with Crippen LogP contribution in [0.15, 0.2) is 40.6 Å². The van der Waals surface area contributed by atoms with Gasteiger partial charge in [-0.25, -0.2) is 0 Å². The molecule has 4 rings (SSSR count). The summed E-state index contributed by atoms with van der Waals surface area (Å²) in [4.78, 5) is 29.7. The average molecular weight is 373 g/mol. The van der Waals surface area contributed by atoms with Crippen molar-refractivity contribution in [2.24, 2.45) is 0 Å². The molecule has 2 amide bonds. The van der Waals surface area contributed by atoms with Crippen LogP contribution in [0.25, 0.3) is 0 Å². The lowest BCUT2D eigenvalue weighted by atomic mass is 9.97. The largest absolute Gasteiger partial charge is 0.335 e. The molecule has 0 spiro atoms. The molecule has 2 aliphatic heterocycles. The van der Waals surface area contributed by atoms with Gasteiger partial charge in [-0.1, -0.05) is 19.1 Å². The molecule has 0 saturated carbocycles. The van der Waals surface area contributed by atoms with Crippen molar-refractivity contribution in [3.8, 4) is 0 Å². The maximum atomic E-state index is 13.0. The van der Waals surface area contributed by atoms with E-state index in [1.165, 1.54) is 22.2 Å². The van der Waals surface area contributed by atoms with Crippen LogP contribution in [0, 0.1) is 0 Å². The van der Waals surface area contributed by atoms with E-state index < -0.39 is 0 Å². The lowest BCUT2D eigenvalue weighted by Gasteiger charge is -2.36. The minimum atomic E-state index is -0.358. The normalized spacial score (nSPS) is 22.1. The van der Waals surface area contributed by atoms with Crippen LogP contribution < -0.4 is 5.32 Å². The van der Waals surface area contributed by atoms with Crippen LogP contribution >= 0.6 is 23.1 Å². The molecule has 0 saturated heterocycles. The number of hydrogen-bond donors (Lipinski definition) is 1. The summed E-state index contributed by atoms with van der Waals surface area (Å²) in [5, 5.41) is 4.68. The number of para-hydroxylation sites is 1. The van der Waals surface area contributed by atoms with Gasteiger partial charge < -0.3 is 10.2 Å². The first-order valence-corrected chi connectivity index (χ1v) is 10.4. The molecule has 0 radical (unpaired) electrons. The molecule has 2 atom stereocenters. The Labute approximate surface area is 155 Å². The molecular formula is C19H20N2O2S2. The van der Waals surface area contributed by atoms with Crippen LogP contribution in [0.2, 0.25) is 0 Å². The fraction of sp³-hybridized carbons (Fsp3) is 0.368. The van der Waals surface area contributed by atoms with E-state index in [0.29, 0.717) is 0 Å². The molecule has 1 aromatic heterocycles. The van der Waals surface area contributed by atoms with Crippen LogP contribution in [0.4, 0.5) is 5.69 Å². The lowest BCUT2D eigenvalue weighted by Crippen LogP contribution is -2.42. The summed E-state index contributed by atoms with van der Waals surface area (Å²) in [6.45, 7) is 2.87. The Morgan fingerprint density at radius 2 is 2.16 bits per heavy atom. The van der Waals surface area contributed by atoms with E-state index in [1.807, 2.05) is 29.2 Å². The number of thiophene rings is 1.